The van der Waals surface area contributed by atoms with Gasteiger partial charge in [-0.2, -0.15) is 0 Å². The van der Waals surface area contributed by atoms with Gasteiger partial charge in [0.1, 0.15) is 22.7 Å². The molecule has 0 amide bonds. The Labute approximate surface area is 108 Å². The van der Waals surface area contributed by atoms with E-state index in [0.717, 1.165) is 10.8 Å². The molecule has 0 saturated heterocycles. The van der Waals surface area contributed by atoms with E-state index >= 15 is 0 Å². The maximum Gasteiger partial charge on any atom is 0.139 e. The van der Waals surface area contributed by atoms with Crippen LogP contribution in [0, 0.1) is 10.3 Å². The number of hydrogen-bond acceptors (Lipinski definition) is 3. The molecule has 18 heavy (non-hydrogen) atoms. The van der Waals surface area contributed by atoms with E-state index in [1.807, 2.05) is 6.07 Å². The summed E-state index contributed by atoms with van der Waals surface area (Å²) in [5.74, 6) is 0.374. The largest absolute Gasteiger partial charge is 0.497 e. The third-order valence-corrected chi connectivity index (χ3v) is 3.28. The molecular weight excluding hydrogens is 251 g/mol. The molecule has 0 N–H and O–H groups in total. The first kappa shape index (κ1) is 11.2. The van der Waals surface area contributed by atoms with Crippen molar-refractivity contribution in [3.63, 3.8) is 0 Å². The fourth-order valence-electron chi connectivity index (χ4n) is 1.93. The van der Waals surface area contributed by atoms with Gasteiger partial charge < -0.3 is 9.15 Å². The zero-order valence-corrected chi connectivity index (χ0v) is 10.4. The molecule has 2 nitrogen and oxygen atoms in total. The van der Waals surface area contributed by atoms with E-state index < -0.39 is 0 Å². The molecule has 0 spiro atoms. The Kier molecular flexibility index (Phi) is 2.52. The molecule has 0 radical (unpaired) electrons. The van der Waals surface area contributed by atoms with E-state index in [4.69, 9.17) is 21.4 Å². The molecule has 0 aliphatic heterocycles. The van der Waals surface area contributed by atoms with Crippen LogP contribution in [0.3, 0.4) is 0 Å². The minimum absolute atomic E-state index is 0.339. The van der Waals surface area contributed by atoms with Gasteiger partial charge in [-0.3, -0.25) is 0 Å². The monoisotopic (exact) mass is 260 g/mol. The van der Waals surface area contributed by atoms with Crippen molar-refractivity contribution in [1.29, 1.82) is 0 Å². The minimum atomic E-state index is -0.339. The number of ether oxygens (including phenoxy) is 1. The Morgan fingerprint density at radius 1 is 1.06 bits per heavy atom. The van der Waals surface area contributed by atoms with E-state index in [1.54, 1.807) is 25.3 Å². The van der Waals surface area contributed by atoms with Gasteiger partial charge in [-0.1, -0.05) is 12.2 Å². The highest BCUT2D eigenvalue weighted by molar-refractivity contribution is 7.72. The highest BCUT2D eigenvalue weighted by Crippen LogP contribution is 2.28. The third kappa shape index (κ3) is 1.66. The van der Waals surface area contributed by atoms with Crippen LogP contribution < -0.4 is 4.74 Å². The Hall–Kier alpha value is -1.94. The zero-order chi connectivity index (χ0) is 12.7. The fourth-order valence-corrected chi connectivity index (χ4v) is 2.26. The number of halogens is 1. The van der Waals surface area contributed by atoms with Gasteiger partial charge in [0.05, 0.1) is 11.6 Å². The first-order chi connectivity index (χ1) is 8.69. The van der Waals surface area contributed by atoms with Crippen molar-refractivity contribution in [1.82, 2.24) is 0 Å². The molecule has 0 atom stereocenters. The van der Waals surface area contributed by atoms with Gasteiger partial charge in [-0.15, -0.1) is 0 Å². The Bertz CT molecular complexity index is 808. The molecule has 0 aliphatic carbocycles. The number of methoxy groups -OCH3 is 1. The first-order valence-electron chi connectivity index (χ1n) is 5.39. The molecule has 4 heteroatoms. The van der Waals surface area contributed by atoms with Crippen molar-refractivity contribution >= 4 is 34.2 Å². The standard InChI is InChI=1S/C14H9FO2S/c1-16-9-3-5-12-11(7-9)14(18)10-4-2-8(15)6-13(10)17-12/h2-7H,1H3. The average molecular weight is 260 g/mol. The first-order valence-corrected chi connectivity index (χ1v) is 5.80. The van der Waals surface area contributed by atoms with Crippen LogP contribution in [0.1, 0.15) is 0 Å². The van der Waals surface area contributed by atoms with Crippen LogP contribution in [-0.2, 0) is 0 Å². The lowest BCUT2D eigenvalue weighted by molar-refractivity contribution is 0.415. The molecule has 3 rings (SSSR count). The highest BCUT2D eigenvalue weighted by atomic mass is 32.1. The summed E-state index contributed by atoms with van der Waals surface area (Å²) < 4.78 is 24.6. The van der Waals surface area contributed by atoms with Gasteiger partial charge in [0.15, 0.2) is 0 Å². The van der Waals surface area contributed by atoms with Gasteiger partial charge >= 0.3 is 0 Å². The van der Waals surface area contributed by atoms with Crippen molar-refractivity contribution in [3.05, 3.63) is 46.7 Å². The summed E-state index contributed by atoms with van der Waals surface area (Å²) in [6, 6.07) is 9.73. The minimum Gasteiger partial charge on any atom is -0.497 e. The Morgan fingerprint density at radius 2 is 1.89 bits per heavy atom. The van der Waals surface area contributed by atoms with Crippen LogP contribution in [0.5, 0.6) is 5.75 Å². The Morgan fingerprint density at radius 3 is 2.67 bits per heavy atom. The molecular formula is C14H9FO2S. The highest BCUT2D eigenvalue weighted by Gasteiger charge is 2.06. The summed E-state index contributed by atoms with van der Waals surface area (Å²) in [6.07, 6.45) is 0. The topological polar surface area (TPSA) is 22.4 Å². The molecule has 0 unspecified atom stereocenters. The maximum atomic E-state index is 13.2. The second-order valence-corrected chi connectivity index (χ2v) is 4.34. The summed E-state index contributed by atoms with van der Waals surface area (Å²) in [6.45, 7) is 0. The fraction of sp³-hybridized carbons (Fsp3) is 0.0714. The molecule has 0 aliphatic rings. The number of hydrogen-bond donors (Lipinski definition) is 0. The number of rotatable bonds is 1. The van der Waals surface area contributed by atoms with E-state index in [0.29, 0.717) is 21.4 Å². The van der Waals surface area contributed by atoms with Crippen LogP contribution in [0.15, 0.2) is 40.8 Å². The smallest absolute Gasteiger partial charge is 0.139 e. The molecule has 90 valence electrons. The van der Waals surface area contributed by atoms with E-state index in [-0.39, 0.29) is 5.82 Å². The second-order valence-electron chi connectivity index (χ2n) is 3.93. The lowest BCUT2D eigenvalue weighted by Crippen LogP contribution is -1.84. The summed E-state index contributed by atoms with van der Waals surface area (Å²) in [7, 11) is 1.60. The van der Waals surface area contributed by atoms with Crippen molar-refractivity contribution in [2.24, 2.45) is 0 Å². The zero-order valence-electron chi connectivity index (χ0n) is 9.57. The second kappa shape index (κ2) is 4.07. The maximum absolute atomic E-state index is 13.2. The van der Waals surface area contributed by atoms with Gasteiger partial charge in [0.25, 0.3) is 0 Å². The van der Waals surface area contributed by atoms with Gasteiger partial charge in [0.2, 0.25) is 0 Å². The average Bonchev–Trinajstić information content (AvgIpc) is 2.38. The third-order valence-electron chi connectivity index (χ3n) is 2.84. The van der Waals surface area contributed by atoms with Gasteiger partial charge in [0, 0.05) is 16.8 Å². The number of fused-ring (bicyclic) bond motifs is 2. The van der Waals surface area contributed by atoms with E-state index in [1.165, 1.54) is 12.1 Å². The Balaban J connectivity index is 2.48. The van der Waals surface area contributed by atoms with Crippen LogP contribution in [0.25, 0.3) is 21.9 Å². The summed E-state index contributed by atoms with van der Waals surface area (Å²) in [5, 5.41) is 1.52. The molecule has 2 aromatic carbocycles. The molecule has 0 bridgehead atoms. The van der Waals surface area contributed by atoms with Crippen LogP contribution in [0.4, 0.5) is 4.39 Å². The molecule has 1 heterocycles. The normalized spacial score (nSPS) is 11.0. The molecule has 3 aromatic rings. The van der Waals surface area contributed by atoms with Crippen molar-refractivity contribution < 1.29 is 13.5 Å². The predicted octanol–water partition coefficient (Wildman–Crippen LogP) is 4.46. The van der Waals surface area contributed by atoms with Crippen LogP contribution >= 0.6 is 12.2 Å². The lowest BCUT2D eigenvalue weighted by Gasteiger charge is -2.05. The predicted molar refractivity (Wildman–Crippen MR) is 71.1 cm³/mol. The van der Waals surface area contributed by atoms with Crippen LogP contribution in [0.2, 0.25) is 0 Å². The van der Waals surface area contributed by atoms with Crippen molar-refractivity contribution in [3.8, 4) is 5.75 Å². The number of benzene rings is 2. The van der Waals surface area contributed by atoms with Crippen molar-refractivity contribution in [2.45, 2.75) is 0 Å². The quantitative estimate of drug-likeness (QED) is 0.476. The van der Waals surface area contributed by atoms with E-state index in [2.05, 4.69) is 0 Å². The molecule has 0 fully saturated rings. The summed E-state index contributed by atoms with van der Waals surface area (Å²) in [5.41, 5.74) is 1.08. The van der Waals surface area contributed by atoms with E-state index in [9.17, 15) is 4.39 Å². The SMILES string of the molecule is COc1ccc2oc3cc(F)ccc3c(=S)c2c1. The molecule has 0 saturated carbocycles. The van der Waals surface area contributed by atoms with Crippen LogP contribution in [-0.4, -0.2) is 7.11 Å². The lowest BCUT2D eigenvalue weighted by atomic mass is 10.1. The van der Waals surface area contributed by atoms with Gasteiger partial charge in [-0.25, -0.2) is 4.39 Å². The molecule has 1 aromatic heterocycles. The van der Waals surface area contributed by atoms with Gasteiger partial charge in [-0.05, 0) is 30.3 Å². The summed E-state index contributed by atoms with van der Waals surface area (Å²) >= 11 is 5.41. The summed E-state index contributed by atoms with van der Waals surface area (Å²) in [4.78, 5) is 0. The van der Waals surface area contributed by atoms with Crippen molar-refractivity contribution in [2.75, 3.05) is 7.11 Å².